The Morgan fingerprint density at radius 3 is 2.40 bits per heavy atom. The summed E-state index contributed by atoms with van der Waals surface area (Å²) in [6, 6.07) is 10.3. The highest BCUT2D eigenvalue weighted by Gasteiger charge is 2.31. The molecule has 0 heterocycles. The average Bonchev–Trinajstić information content (AvgIpc) is 2.37. The molecule has 0 aliphatic carbocycles. The van der Waals surface area contributed by atoms with E-state index in [0.717, 1.165) is 17.7 Å². The summed E-state index contributed by atoms with van der Waals surface area (Å²) in [6.07, 6.45) is -5.53. The third-order valence-electron chi connectivity index (χ3n) is 2.98. The van der Waals surface area contributed by atoms with Crippen molar-refractivity contribution in [2.75, 3.05) is 0 Å². The maximum atomic E-state index is 12.7. The lowest BCUT2D eigenvalue weighted by molar-refractivity contribution is -0.137. The average molecular weight is 345 g/mol. The Labute approximate surface area is 123 Å². The van der Waals surface area contributed by atoms with Crippen LogP contribution in [0.15, 0.2) is 46.9 Å². The molecule has 20 heavy (non-hydrogen) atoms. The Balaban J connectivity index is 2.46. The molecule has 0 aliphatic rings. The first-order valence-electron chi connectivity index (χ1n) is 5.90. The number of hydrogen-bond acceptors (Lipinski definition) is 1. The van der Waals surface area contributed by atoms with E-state index >= 15 is 0 Å². The smallest absolute Gasteiger partial charge is 0.384 e. The van der Waals surface area contributed by atoms with E-state index in [4.69, 9.17) is 0 Å². The van der Waals surface area contributed by atoms with Crippen molar-refractivity contribution < 1.29 is 18.3 Å². The minimum Gasteiger partial charge on any atom is -0.384 e. The molecule has 0 radical (unpaired) electrons. The molecule has 0 saturated heterocycles. The molecule has 0 saturated carbocycles. The van der Waals surface area contributed by atoms with Crippen LogP contribution in [0.4, 0.5) is 13.2 Å². The summed E-state index contributed by atoms with van der Waals surface area (Å²) >= 11 is 3.19. The number of aliphatic hydroxyl groups excluding tert-OH is 1. The van der Waals surface area contributed by atoms with E-state index in [1.165, 1.54) is 6.07 Å². The van der Waals surface area contributed by atoms with E-state index in [9.17, 15) is 18.3 Å². The number of aryl methyl sites for hydroxylation is 1. The van der Waals surface area contributed by atoms with Crippen LogP contribution in [0.5, 0.6) is 0 Å². The molecule has 1 nitrogen and oxygen atoms in total. The van der Waals surface area contributed by atoms with Crippen LogP contribution in [0.1, 0.15) is 28.4 Å². The topological polar surface area (TPSA) is 20.2 Å². The molecule has 0 aliphatic heterocycles. The molecule has 106 valence electrons. The normalized spacial score (nSPS) is 13.3. The van der Waals surface area contributed by atoms with Gasteiger partial charge in [-0.3, -0.25) is 0 Å². The van der Waals surface area contributed by atoms with Crippen molar-refractivity contribution in [2.24, 2.45) is 0 Å². The van der Waals surface area contributed by atoms with E-state index in [-0.39, 0.29) is 5.56 Å². The summed E-state index contributed by atoms with van der Waals surface area (Å²) in [5.74, 6) is 0. The number of alkyl halides is 3. The van der Waals surface area contributed by atoms with Gasteiger partial charge in [-0.05, 0) is 36.2 Å². The van der Waals surface area contributed by atoms with Crippen LogP contribution in [-0.4, -0.2) is 5.11 Å². The van der Waals surface area contributed by atoms with Gasteiger partial charge in [-0.15, -0.1) is 0 Å². The Morgan fingerprint density at radius 2 is 1.80 bits per heavy atom. The molecular weight excluding hydrogens is 333 g/mol. The first-order valence-corrected chi connectivity index (χ1v) is 6.69. The number of rotatable bonds is 2. The van der Waals surface area contributed by atoms with Crippen LogP contribution >= 0.6 is 15.9 Å². The summed E-state index contributed by atoms with van der Waals surface area (Å²) < 4.78 is 38.6. The predicted molar refractivity (Wildman–Crippen MR) is 74.4 cm³/mol. The van der Waals surface area contributed by atoms with Gasteiger partial charge in [-0.2, -0.15) is 13.2 Å². The minimum atomic E-state index is -4.43. The highest BCUT2D eigenvalue weighted by Crippen LogP contribution is 2.35. The maximum Gasteiger partial charge on any atom is 0.416 e. The zero-order valence-corrected chi connectivity index (χ0v) is 12.2. The SMILES string of the molecule is Cc1cccc(C(O)c2cc(C(F)(F)F)ccc2Br)c1. The largest absolute Gasteiger partial charge is 0.416 e. The molecule has 2 aromatic rings. The van der Waals surface area contributed by atoms with Crippen molar-refractivity contribution in [3.63, 3.8) is 0 Å². The van der Waals surface area contributed by atoms with Crippen molar-refractivity contribution in [3.8, 4) is 0 Å². The molecule has 0 aromatic heterocycles. The van der Waals surface area contributed by atoms with Gasteiger partial charge in [-0.1, -0.05) is 45.8 Å². The van der Waals surface area contributed by atoms with Crippen LogP contribution in [0.3, 0.4) is 0 Å². The van der Waals surface area contributed by atoms with E-state index < -0.39 is 17.8 Å². The molecule has 1 unspecified atom stereocenters. The number of aliphatic hydroxyl groups is 1. The van der Waals surface area contributed by atoms with Crippen LogP contribution < -0.4 is 0 Å². The van der Waals surface area contributed by atoms with Crippen LogP contribution in [0.25, 0.3) is 0 Å². The zero-order chi connectivity index (χ0) is 14.9. The van der Waals surface area contributed by atoms with Gasteiger partial charge in [0, 0.05) is 4.47 Å². The molecule has 1 N–H and O–H groups in total. The van der Waals surface area contributed by atoms with Gasteiger partial charge in [0.15, 0.2) is 0 Å². The fourth-order valence-electron chi connectivity index (χ4n) is 1.95. The lowest BCUT2D eigenvalue weighted by atomic mass is 9.98. The first kappa shape index (κ1) is 15.1. The number of hydrogen-bond donors (Lipinski definition) is 1. The van der Waals surface area contributed by atoms with Crippen LogP contribution in [-0.2, 0) is 6.18 Å². The molecule has 5 heteroatoms. The molecule has 2 rings (SSSR count). The van der Waals surface area contributed by atoms with Gasteiger partial charge in [0.05, 0.1) is 5.56 Å². The van der Waals surface area contributed by atoms with Crippen LogP contribution in [0, 0.1) is 6.92 Å². The fraction of sp³-hybridized carbons (Fsp3) is 0.200. The highest BCUT2D eigenvalue weighted by atomic mass is 79.9. The molecule has 0 spiro atoms. The fourth-order valence-corrected chi connectivity index (χ4v) is 2.41. The summed E-state index contributed by atoms with van der Waals surface area (Å²) in [5.41, 5.74) is 0.919. The van der Waals surface area contributed by atoms with E-state index in [2.05, 4.69) is 15.9 Å². The summed E-state index contributed by atoms with van der Waals surface area (Å²) in [4.78, 5) is 0. The Morgan fingerprint density at radius 1 is 1.10 bits per heavy atom. The standard InChI is InChI=1S/C15H12BrF3O/c1-9-3-2-4-10(7-9)14(20)12-8-11(15(17,18)19)5-6-13(12)16/h2-8,14,20H,1H3. The predicted octanol–water partition coefficient (Wildman–Crippen LogP) is 4.86. The van der Waals surface area contributed by atoms with Gasteiger partial charge in [0.25, 0.3) is 0 Å². The van der Waals surface area contributed by atoms with Crippen molar-refractivity contribution in [2.45, 2.75) is 19.2 Å². The summed E-state index contributed by atoms with van der Waals surface area (Å²) in [6.45, 7) is 1.86. The second-order valence-electron chi connectivity index (χ2n) is 4.55. The van der Waals surface area contributed by atoms with Gasteiger partial charge in [0.1, 0.15) is 6.10 Å². The molecule has 2 aromatic carbocycles. The molecule has 0 bridgehead atoms. The summed E-state index contributed by atoms with van der Waals surface area (Å²) in [5, 5.41) is 10.3. The number of halogens is 4. The lowest BCUT2D eigenvalue weighted by Crippen LogP contribution is -2.08. The second kappa shape index (κ2) is 5.58. The van der Waals surface area contributed by atoms with Gasteiger partial charge >= 0.3 is 6.18 Å². The van der Waals surface area contributed by atoms with Gasteiger partial charge in [-0.25, -0.2) is 0 Å². The van der Waals surface area contributed by atoms with Gasteiger partial charge in [0.2, 0.25) is 0 Å². The van der Waals surface area contributed by atoms with Crippen LogP contribution in [0.2, 0.25) is 0 Å². The quantitative estimate of drug-likeness (QED) is 0.824. The Kier molecular flexibility index (Phi) is 4.20. The van der Waals surface area contributed by atoms with E-state index in [1.54, 1.807) is 18.2 Å². The molecule has 0 fully saturated rings. The Bertz CT molecular complexity index is 623. The molecule has 0 amide bonds. The van der Waals surface area contributed by atoms with Crippen molar-refractivity contribution in [1.29, 1.82) is 0 Å². The van der Waals surface area contributed by atoms with E-state index in [0.29, 0.717) is 10.0 Å². The third-order valence-corrected chi connectivity index (χ3v) is 3.70. The molecule has 1 atom stereocenters. The van der Waals surface area contributed by atoms with Crippen molar-refractivity contribution in [3.05, 3.63) is 69.2 Å². The molecular formula is C15H12BrF3O. The first-order chi connectivity index (χ1) is 9.29. The lowest BCUT2D eigenvalue weighted by Gasteiger charge is -2.16. The van der Waals surface area contributed by atoms with Crippen molar-refractivity contribution >= 4 is 15.9 Å². The van der Waals surface area contributed by atoms with Gasteiger partial charge < -0.3 is 5.11 Å². The Hall–Kier alpha value is -1.33. The minimum absolute atomic E-state index is 0.199. The van der Waals surface area contributed by atoms with E-state index in [1.807, 2.05) is 13.0 Å². The third kappa shape index (κ3) is 3.22. The summed E-state index contributed by atoms with van der Waals surface area (Å²) in [7, 11) is 0. The maximum absolute atomic E-state index is 12.7. The number of benzene rings is 2. The highest BCUT2D eigenvalue weighted by molar-refractivity contribution is 9.10. The monoisotopic (exact) mass is 344 g/mol. The van der Waals surface area contributed by atoms with Crippen molar-refractivity contribution in [1.82, 2.24) is 0 Å². The zero-order valence-electron chi connectivity index (χ0n) is 10.6. The second-order valence-corrected chi connectivity index (χ2v) is 5.41.